The first kappa shape index (κ1) is 17.8. The number of ether oxygens (including phenoxy) is 1. The van der Waals surface area contributed by atoms with Gasteiger partial charge in [-0.05, 0) is 42.0 Å². The highest BCUT2D eigenvalue weighted by Crippen LogP contribution is 2.29. The number of hydrogen-bond acceptors (Lipinski definition) is 3. The lowest BCUT2D eigenvalue weighted by molar-refractivity contribution is -0.139. The third kappa shape index (κ3) is 4.54. The van der Waals surface area contributed by atoms with E-state index in [1.54, 1.807) is 12.1 Å². The molecule has 0 aromatic heterocycles. The molecule has 0 heterocycles. The summed E-state index contributed by atoms with van der Waals surface area (Å²) in [6, 6.07) is 20.1. The van der Waals surface area contributed by atoms with Crippen LogP contribution in [0.1, 0.15) is 25.3 Å². The number of carboxylic acids is 1. The summed E-state index contributed by atoms with van der Waals surface area (Å²) >= 11 is 0. The van der Waals surface area contributed by atoms with Crippen molar-refractivity contribution < 1.29 is 14.6 Å². The van der Waals surface area contributed by atoms with Crippen LogP contribution in [0.15, 0.2) is 60.7 Å². The summed E-state index contributed by atoms with van der Waals surface area (Å²) in [4.78, 5) is 10.6. The van der Waals surface area contributed by atoms with Crippen molar-refractivity contribution in [3.05, 3.63) is 66.2 Å². The average Bonchev–Trinajstić information content (AvgIpc) is 2.65. The van der Waals surface area contributed by atoms with Crippen LogP contribution in [0, 0.1) is 0 Å². The smallest absolute Gasteiger partial charge is 0.341 e. The molecule has 4 heteroatoms. The molecule has 0 radical (unpaired) electrons. The molecule has 0 spiro atoms. The van der Waals surface area contributed by atoms with Crippen LogP contribution in [0.5, 0.6) is 5.75 Å². The molecular weight excluding hydrogens is 326 g/mol. The maximum absolute atomic E-state index is 10.6. The van der Waals surface area contributed by atoms with Crippen molar-refractivity contribution in [1.29, 1.82) is 0 Å². The molecule has 0 aliphatic rings. The van der Waals surface area contributed by atoms with E-state index in [1.165, 1.54) is 23.8 Å². The quantitative estimate of drug-likeness (QED) is 0.572. The molecule has 3 aromatic rings. The van der Waals surface area contributed by atoms with Crippen LogP contribution >= 0.6 is 0 Å². The zero-order valence-electron chi connectivity index (χ0n) is 14.9. The van der Waals surface area contributed by atoms with Crippen molar-refractivity contribution in [3.63, 3.8) is 0 Å². The highest BCUT2D eigenvalue weighted by Gasteiger charge is 2.05. The van der Waals surface area contributed by atoms with E-state index < -0.39 is 5.97 Å². The summed E-state index contributed by atoms with van der Waals surface area (Å²) < 4.78 is 5.25. The van der Waals surface area contributed by atoms with E-state index in [1.807, 2.05) is 24.3 Å². The van der Waals surface area contributed by atoms with E-state index >= 15 is 0 Å². The Kier molecular flexibility index (Phi) is 5.74. The van der Waals surface area contributed by atoms with Gasteiger partial charge < -0.3 is 15.2 Å². The number of nitrogens with one attached hydrogen (secondary N) is 1. The van der Waals surface area contributed by atoms with Gasteiger partial charge in [0.1, 0.15) is 5.75 Å². The van der Waals surface area contributed by atoms with Crippen molar-refractivity contribution in [3.8, 4) is 5.75 Å². The zero-order valence-corrected chi connectivity index (χ0v) is 14.9. The molecule has 0 aliphatic carbocycles. The Morgan fingerprint density at radius 1 is 1.08 bits per heavy atom. The summed E-state index contributed by atoms with van der Waals surface area (Å²) in [6.45, 7) is 1.86. The van der Waals surface area contributed by atoms with E-state index in [0.717, 1.165) is 23.2 Å². The second kappa shape index (κ2) is 8.39. The lowest BCUT2D eigenvalue weighted by Gasteiger charge is -2.12. The minimum absolute atomic E-state index is 0.349. The van der Waals surface area contributed by atoms with Gasteiger partial charge in [0.05, 0.1) is 0 Å². The topological polar surface area (TPSA) is 58.6 Å². The van der Waals surface area contributed by atoms with E-state index in [9.17, 15) is 4.79 Å². The highest BCUT2D eigenvalue weighted by molar-refractivity contribution is 5.95. The van der Waals surface area contributed by atoms with E-state index in [2.05, 4.69) is 36.5 Å². The van der Waals surface area contributed by atoms with Gasteiger partial charge >= 0.3 is 5.97 Å². The third-order valence-corrected chi connectivity index (χ3v) is 4.24. The molecule has 26 heavy (non-hydrogen) atoms. The van der Waals surface area contributed by atoms with Crippen LogP contribution in [0.25, 0.3) is 10.8 Å². The summed E-state index contributed by atoms with van der Waals surface area (Å²) in [5.41, 5.74) is 3.23. The van der Waals surface area contributed by atoms with Crippen molar-refractivity contribution in [2.24, 2.45) is 0 Å². The van der Waals surface area contributed by atoms with Crippen LogP contribution in [0.2, 0.25) is 0 Å². The first-order chi connectivity index (χ1) is 12.7. The highest BCUT2D eigenvalue weighted by atomic mass is 16.5. The molecule has 3 aromatic carbocycles. The molecule has 4 nitrogen and oxygen atoms in total. The predicted octanol–water partition coefficient (Wildman–Crippen LogP) is 5.39. The van der Waals surface area contributed by atoms with Crippen molar-refractivity contribution in [1.82, 2.24) is 0 Å². The maximum Gasteiger partial charge on any atom is 0.341 e. The Balaban J connectivity index is 1.82. The molecular formula is C22H23NO3. The minimum Gasteiger partial charge on any atom is -0.482 e. The van der Waals surface area contributed by atoms with E-state index in [4.69, 9.17) is 9.84 Å². The number of anilines is 2. The molecule has 0 unspecified atom stereocenters. The van der Waals surface area contributed by atoms with Gasteiger partial charge in [-0.1, -0.05) is 49.7 Å². The number of aliphatic carboxylic acids is 1. The van der Waals surface area contributed by atoms with Crippen LogP contribution in [-0.2, 0) is 11.2 Å². The Morgan fingerprint density at radius 2 is 1.92 bits per heavy atom. The van der Waals surface area contributed by atoms with Crippen LogP contribution in [-0.4, -0.2) is 17.7 Å². The number of carboxylic acid groups (broad SMARTS) is 1. The third-order valence-electron chi connectivity index (χ3n) is 4.24. The van der Waals surface area contributed by atoms with Crippen LogP contribution < -0.4 is 10.1 Å². The SMILES string of the molecule is CCCCc1ccc2c(Nc3cccc(OCC(=O)O)c3)cccc2c1. The number of aryl methyl sites for hydroxylation is 1. The number of hydrogen-bond donors (Lipinski definition) is 2. The molecule has 134 valence electrons. The van der Waals surface area contributed by atoms with E-state index in [-0.39, 0.29) is 6.61 Å². The first-order valence-electron chi connectivity index (χ1n) is 8.89. The molecule has 2 N–H and O–H groups in total. The van der Waals surface area contributed by atoms with Crippen LogP contribution in [0.4, 0.5) is 11.4 Å². The van der Waals surface area contributed by atoms with Gasteiger partial charge in [0.2, 0.25) is 0 Å². The van der Waals surface area contributed by atoms with Gasteiger partial charge in [-0.2, -0.15) is 0 Å². The molecule has 0 fully saturated rings. The zero-order chi connectivity index (χ0) is 18.4. The second-order valence-electron chi connectivity index (χ2n) is 6.30. The van der Waals surface area contributed by atoms with Gasteiger partial charge in [0, 0.05) is 22.8 Å². The summed E-state index contributed by atoms with van der Waals surface area (Å²) in [5.74, 6) is -0.462. The number of rotatable bonds is 8. The summed E-state index contributed by atoms with van der Waals surface area (Å²) in [6.07, 6.45) is 3.50. The first-order valence-corrected chi connectivity index (χ1v) is 8.89. The number of benzene rings is 3. The maximum atomic E-state index is 10.6. The second-order valence-corrected chi connectivity index (χ2v) is 6.30. The molecule has 0 amide bonds. The fourth-order valence-corrected chi connectivity index (χ4v) is 2.94. The largest absolute Gasteiger partial charge is 0.482 e. The lowest BCUT2D eigenvalue weighted by atomic mass is 10.0. The Bertz CT molecular complexity index is 905. The number of fused-ring (bicyclic) bond motifs is 1. The minimum atomic E-state index is -0.990. The van der Waals surface area contributed by atoms with Gasteiger partial charge in [-0.25, -0.2) is 4.79 Å². The Morgan fingerprint density at radius 3 is 2.73 bits per heavy atom. The fourth-order valence-electron chi connectivity index (χ4n) is 2.94. The van der Waals surface area contributed by atoms with Gasteiger partial charge in [-0.3, -0.25) is 0 Å². The van der Waals surface area contributed by atoms with Gasteiger partial charge in [0.25, 0.3) is 0 Å². The van der Waals surface area contributed by atoms with Crippen LogP contribution in [0.3, 0.4) is 0 Å². The number of unbranched alkanes of at least 4 members (excludes halogenated alkanes) is 1. The normalized spacial score (nSPS) is 10.7. The van der Waals surface area contributed by atoms with E-state index in [0.29, 0.717) is 5.75 Å². The fraction of sp³-hybridized carbons (Fsp3) is 0.227. The average molecular weight is 349 g/mol. The predicted molar refractivity (Wildman–Crippen MR) is 105 cm³/mol. The summed E-state index contributed by atoms with van der Waals surface area (Å²) in [7, 11) is 0. The van der Waals surface area contributed by atoms with Gasteiger partial charge in [0.15, 0.2) is 6.61 Å². The van der Waals surface area contributed by atoms with Crippen molar-refractivity contribution in [2.75, 3.05) is 11.9 Å². The molecule has 0 aliphatic heterocycles. The Hall–Kier alpha value is -3.01. The molecule has 0 bridgehead atoms. The lowest BCUT2D eigenvalue weighted by Crippen LogP contribution is -2.09. The molecule has 0 saturated carbocycles. The van der Waals surface area contributed by atoms with Gasteiger partial charge in [-0.15, -0.1) is 0 Å². The summed E-state index contributed by atoms with van der Waals surface area (Å²) in [5, 5.41) is 14.5. The molecule has 3 rings (SSSR count). The monoisotopic (exact) mass is 349 g/mol. The standard InChI is InChI=1S/C22H23NO3/c1-2-3-6-16-11-12-20-17(13-16)7-4-10-21(20)23-18-8-5-9-19(14-18)26-15-22(24)25/h4-5,7-14,23H,2-3,6,15H2,1H3,(H,24,25). The van der Waals surface area contributed by atoms with Crippen molar-refractivity contribution >= 4 is 28.1 Å². The number of carbonyl (C=O) groups is 1. The van der Waals surface area contributed by atoms with Crippen molar-refractivity contribution in [2.45, 2.75) is 26.2 Å². The Labute approximate surface area is 153 Å². The molecule has 0 saturated heterocycles. The molecule has 0 atom stereocenters.